The summed E-state index contributed by atoms with van der Waals surface area (Å²) in [6.45, 7) is 0. The molecule has 0 bridgehead atoms. The third kappa shape index (κ3) is 5.13. The molecule has 10 aromatic rings. The van der Waals surface area contributed by atoms with Crippen molar-refractivity contribution in [2.24, 2.45) is 0 Å². The molecule has 0 saturated heterocycles. The zero-order valence-electron chi connectivity index (χ0n) is 27.6. The third-order valence-corrected chi connectivity index (χ3v) is 9.79. The standard InChI is InChI=1S/C47H30N4/c1-3-13-33-27-38(25-23-31(33)11-1)46-48-45(49-47(50-46)39-26-24-32-12-2-4-14-34(32)28-39)37-17-9-15-35(29-37)36-16-10-18-40(30-36)51-43-21-7-5-19-41(43)42-20-6-8-22-44(42)51/h1-30H. The van der Waals surface area contributed by atoms with E-state index in [1.807, 2.05) is 0 Å². The molecular formula is C47H30N4. The molecule has 0 aliphatic carbocycles. The first kappa shape index (κ1) is 29.0. The van der Waals surface area contributed by atoms with Crippen molar-refractivity contribution in [1.29, 1.82) is 0 Å². The Kier molecular flexibility index (Phi) is 6.78. The highest BCUT2D eigenvalue weighted by molar-refractivity contribution is 6.09. The van der Waals surface area contributed by atoms with E-state index >= 15 is 0 Å². The van der Waals surface area contributed by atoms with E-state index in [9.17, 15) is 0 Å². The van der Waals surface area contributed by atoms with E-state index in [2.05, 4.69) is 187 Å². The quantitative estimate of drug-likeness (QED) is 0.186. The maximum Gasteiger partial charge on any atom is 0.164 e. The molecular weight excluding hydrogens is 621 g/mol. The van der Waals surface area contributed by atoms with Gasteiger partial charge in [0.05, 0.1) is 11.0 Å². The molecule has 51 heavy (non-hydrogen) atoms. The molecule has 0 unspecified atom stereocenters. The number of para-hydroxylation sites is 2. The van der Waals surface area contributed by atoms with Crippen molar-refractivity contribution in [3.8, 4) is 51.0 Å². The third-order valence-electron chi connectivity index (χ3n) is 9.79. The Morgan fingerprint density at radius 3 is 1.29 bits per heavy atom. The van der Waals surface area contributed by atoms with Gasteiger partial charge in [-0.25, -0.2) is 15.0 Å². The second kappa shape index (κ2) is 11.9. The topological polar surface area (TPSA) is 43.6 Å². The normalized spacial score (nSPS) is 11.5. The molecule has 2 heterocycles. The summed E-state index contributed by atoms with van der Waals surface area (Å²) in [6.07, 6.45) is 0. The highest BCUT2D eigenvalue weighted by Gasteiger charge is 2.15. The molecule has 0 N–H and O–H groups in total. The van der Waals surface area contributed by atoms with E-state index in [4.69, 9.17) is 15.0 Å². The highest BCUT2D eigenvalue weighted by Crippen LogP contribution is 2.34. The van der Waals surface area contributed by atoms with Gasteiger partial charge in [-0.15, -0.1) is 0 Å². The minimum atomic E-state index is 0.636. The van der Waals surface area contributed by atoms with Crippen LogP contribution in [0.3, 0.4) is 0 Å². The van der Waals surface area contributed by atoms with Gasteiger partial charge in [-0.1, -0.05) is 140 Å². The summed E-state index contributed by atoms with van der Waals surface area (Å²) in [5.41, 5.74) is 8.55. The Morgan fingerprint density at radius 1 is 0.294 bits per heavy atom. The van der Waals surface area contributed by atoms with E-state index in [1.165, 1.54) is 32.6 Å². The van der Waals surface area contributed by atoms with Crippen LogP contribution in [0.2, 0.25) is 0 Å². The fourth-order valence-electron chi connectivity index (χ4n) is 7.28. The first-order valence-corrected chi connectivity index (χ1v) is 17.2. The summed E-state index contributed by atoms with van der Waals surface area (Å²) in [5, 5.41) is 7.16. The second-order valence-corrected chi connectivity index (χ2v) is 12.9. The average Bonchev–Trinajstić information content (AvgIpc) is 3.55. The van der Waals surface area contributed by atoms with E-state index in [-0.39, 0.29) is 0 Å². The Bertz CT molecular complexity index is 2790. The number of nitrogens with zero attached hydrogens (tertiary/aromatic N) is 4. The van der Waals surface area contributed by atoms with E-state index in [0.29, 0.717) is 17.5 Å². The van der Waals surface area contributed by atoms with Crippen LogP contribution < -0.4 is 0 Å². The fraction of sp³-hybridized carbons (Fsp3) is 0. The smallest absolute Gasteiger partial charge is 0.164 e. The molecule has 4 heteroatoms. The number of benzene rings is 8. The molecule has 2 aromatic heterocycles. The summed E-state index contributed by atoms with van der Waals surface area (Å²) in [4.78, 5) is 15.3. The molecule has 0 amide bonds. The summed E-state index contributed by atoms with van der Waals surface area (Å²) >= 11 is 0. The first-order chi connectivity index (χ1) is 25.2. The van der Waals surface area contributed by atoms with Gasteiger partial charge in [-0.2, -0.15) is 0 Å². The molecule has 0 radical (unpaired) electrons. The molecule has 0 saturated carbocycles. The van der Waals surface area contributed by atoms with Crippen molar-refractivity contribution >= 4 is 43.4 Å². The van der Waals surface area contributed by atoms with Gasteiger partial charge >= 0.3 is 0 Å². The molecule has 0 aliphatic heterocycles. The Labute approximate surface area is 295 Å². The lowest BCUT2D eigenvalue weighted by Crippen LogP contribution is -2.00. The van der Waals surface area contributed by atoms with Gasteiger partial charge in [0.1, 0.15) is 0 Å². The lowest BCUT2D eigenvalue weighted by molar-refractivity contribution is 1.08. The summed E-state index contributed by atoms with van der Waals surface area (Å²) in [7, 11) is 0. The van der Waals surface area contributed by atoms with Gasteiger partial charge < -0.3 is 4.57 Å². The van der Waals surface area contributed by atoms with Crippen LogP contribution in [0.5, 0.6) is 0 Å². The van der Waals surface area contributed by atoms with Crippen LogP contribution in [0.15, 0.2) is 182 Å². The molecule has 0 atom stereocenters. The zero-order valence-corrected chi connectivity index (χ0v) is 27.6. The second-order valence-electron chi connectivity index (χ2n) is 12.9. The van der Waals surface area contributed by atoms with Crippen molar-refractivity contribution < 1.29 is 0 Å². The van der Waals surface area contributed by atoms with Crippen LogP contribution in [0.4, 0.5) is 0 Å². The molecule has 8 aromatic carbocycles. The first-order valence-electron chi connectivity index (χ1n) is 17.2. The number of rotatable bonds is 5. The van der Waals surface area contributed by atoms with Crippen molar-refractivity contribution in [1.82, 2.24) is 19.5 Å². The van der Waals surface area contributed by atoms with E-state index in [0.717, 1.165) is 44.3 Å². The lowest BCUT2D eigenvalue weighted by atomic mass is 10.0. The Morgan fingerprint density at radius 2 is 0.725 bits per heavy atom. The maximum absolute atomic E-state index is 5.10. The van der Waals surface area contributed by atoms with Crippen molar-refractivity contribution in [2.45, 2.75) is 0 Å². The number of hydrogen-bond donors (Lipinski definition) is 0. The largest absolute Gasteiger partial charge is 0.309 e. The molecule has 4 nitrogen and oxygen atoms in total. The molecule has 238 valence electrons. The van der Waals surface area contributed by atoms with E-state index in [1.54, 1.807) is 0 Å². The fourth-order valence-corrected chi connectivity index (χ4v) is 7.28. The minimum absolute atomic E-state index is 0.636. The molecule has 0 aliphatic rings. The Hall–Kier alpha value is -6.91. The lowest BCUT2D eigenvalue weighted by Gasteiger charge is -2.12. The van der Waals surface area contributed by atoms with Gasteiger partial charge in [0.25, 0.3) is 0 Å². The van der Waals surface area contributed by atoms with Crippen LogP contribution in [-0.4, -0.2) is 19.5 Å². The van der Waals surface area contributed by atoms with Gasteiger partial charge in [0.2, 0.25) is 0 Å². The monoisotopic (exact) mass is 650 g/mol. The Balaban J connectivity index is 1.11. The maximum atomic E-state index is 5.10. The van der Waals surface area contributed by atoms with Crippen molar-refractivity contribution in [3.05, 3.63) is 182 Å². The summed E-state index contributed by atoms with van der Waals surface area (Å²) < 4.78 is 2.36. The number of hydrogen-bond acceptors (Lipinski definition) is 3. The van der Waals surface area contributed by atoms with Gasteiger partial charge in [0, 0.05) is 33.2 Å². The van der Waals surface area contributed by atoms with Crippen molar-refractivity contribution in [3.63, 3.8) is 0 Å². The highest BCUT2D eigenvalue weighted by atomic mass is 15.0. The molecule has 10 rings (SSSR count). The summed E-state index contributed by atoms with van der Waals surface area (Å²) in [5.74, 6) is 1.93. The van der Waals surface area contributed by atoms with Gasteiger partial charge in [0.15, 0.2) is 17.5 Å². The molecule has 0 fully saturated rings. The van der Waals surface area contributed by atoms with Gasteiger partial charge in [-0.3, -0.25) is 0 Å². The van der Waals surface area contributed by atoms with Crippen LogP contribution in [0.25, 0.3) is 94.3 Å². The molecule has 0 spiro atoms. The van der Waals surface area contributed by atoms with Crippen LogP contribution >= 0.6 is 0 Å². The number of fused-ring (bicyclic) bond motifs is 5. The number of aromatic nitrogens is 4. The van der Waals surface area contributed by atoms with Crippen LogP contribution in [0.1, 0.15) is 0 Å². The van der Waals surface area contributed by atoms with Crippen molar-refractivity contribution in [2.75, 3.05) is 0 Å². The summed E-state index contributed by atoms with van der Waals surface area (Å²) in [6, 6.07) is 64.1. The van der Waals surface area contributed by atoms with E-state index < -0.39 is 0 Å². The zero-order chi connectivity index (χ0) is 33.7. The average molecular weight is 651 g/mol. The SMILES string of the molecule is c1cc(-c2cccc(-n3c4ccccc4c4ccccc43)c2)cc(-c2nc(-c3ccc4ccccc4c3)nc(-c3ccc4ccccc4c3)n2)c1. The minimum Gasteiger partial charge on any atom is -0.309 e. The van der Waals surface area contributed by atoms with Gasteiger partial charge in [-0.05, 0) is 75.1 Å². The van der Waals surface area contributed by atoms with Crippen LogP contribution in [0, 0.1) is 0 Å². The van der Waals surface area contributed by atoms with Crippen LogP contribution in [-0.2, 0) is 0 Å². The predicted octanol–water partition coefficient (Wildman–Crippen LogP) is 11.9. The predicted molar refractivity (Wildman–Crippen MR) is 211 cm³/mol.